The molecule has 2 nitrogen and oxygen atoms in total. The molecule has 14 heavy (non-hydrogen) atoms. The molecule has 0 unspecified atom stereocenters. The topological polar surface area (TPSA) is 30.0 Å². The number of halogens is 5. The van der Waals surface area contributed by atoms with Crippen molar-refractivity contribution < 1.29 is 13.6 Å². The van der Waals surface area contributed by atoms with E-state index in [2.05, 4.69) is 4.98 Å². The highest BCUT2D eigenvalue weighted by Crippen LogP contribution is 2.28. The second-order valence-corrected chi connectivity index (χ2v) is 4.04. The summed E-state index contributed by atoms with van der Waals surface area (Å²) in [5.41, 5.74) is -0.514. The van der Waals surface area contributed by atoms with Crippen LogP contribution in [0.15, 0.2) is 6.07 Å². The maximum Gasteiger partial charge on any atom is 0.281 e. The lowest BCUT2D eigenvalue weighted by Crippen LogP contribution is -2.01. The van der Waals surface area contributed by atoms with Gasteiger partial charge in [-0.2, -0.15) is 0 Å². The molecule has 0 radical (unpaired) electrons. The van der Waals surface area contributed by atoms with Crippen molar-refractivity contribution in [3.05, 3.63) is 26.0 Å². The molecule has 0 N–H and O–H groups in total. The molecule has 1 aromatic heterocycles. The number of hydrogen-bond donors (Lipinski definition) is 0. The fraction of sp³-hybridized carbons (Fsp3) is 0.143. The standard InChI is InChI=1S/C7H2Cl2F2INO/c8-3-1-2(5(9)14)7(12)13-4(3)6(10)11/h1,6H. The van der Waals surface area contributed by atoms with Gasteiger partial charge in [-0.25, -0.2) is 13.8 Å². The summed E-state index contributed by atoms with van der Waals surface area (Å²) in [5, 5.41) is -1.03. The number of pyridine rings is 1. The van der Waals surface area contributed by atoms with Crippen LogP contribution >= 0.6 is 45.8 Å². The van der Waals surface area contributed by atoms with Gasteiger partial charge in [-0.15, -0.1) is 0 Å². The van der Waals surface area contributed by atoms with Crippen molar-refractivity contribution in [3.63, 3.8) is 0 Å². The monoisotopic (exact) mass is 351 g/mol. The third kappa shape index (κ3) is 2.52. The van der Waals surface area contributed by atoms with Crippen LogP contribution in [0.25, 0.3) is 0 Å². The number of rotatable bonds is 2. The maximum absolute atomic E-state index is 12.3. The van der Waals surface area contributed by atoms with E-state index in [0.717, 1.165) is 6.07 Å². The fourth-order valence-corrected chi connectivity index (χ4v) is 1.97. The molecule has 0 fully saturated rings. The van der Waals surface area contributed by atoms with Gasteiger partial charge in [0.05, 0.1) is 10.6 Å². The molecule has 1 aromatic rings. The highest BCUT2D eigenvalue weighted by Gasteiger charge is 2.18. The number of alkyl halides is 2. The lowest BCUT2D eigenvalue weighted by atomic mass is 10.2. The predicted molar refractivity (Wildman–Crippen MR) is 57.1 cm³/mol. The van der Waals surface area contributed by atoms with Crippen LogP contribution in [-0.4, -0.2) is 10.2 Å². The molecule has 0 spiro atoms. The molecular formula is C7H2Cl2F2INO. The number of aromatic nitrogens is 1. The first-order chi connectivity index (χ1) is 6.43. The summed E-state index contributed by atoms with van der Waals surface area (Å²) in [4.78, 5) is 14.3. The summed E-state index contributed by atoms with van der Waals surface area (Å²) < 4.78 is 24.7. The van der Waals surface area contributed by atoms with E-state index in [1.807, 2.05) is 0 Å². The van der Waals surface area contributed by atoms with Crippen LogP contribution in [0.2, 0.25) is 5.02 Å². The van der Waals surface area contributed by atoms with Crippen LogP contribution in [0.4, 0.5) is 8.78 Å². The summed E-state index contributed by atoms with van der Waals surface area (Å²) >= 11 is 12.3. The minimum atomic E-state index is -2.77. The van der Waals surface area contributed by atoms with E-state index in [4.69, 9.17) is 23.2 Å². The SMILES string of the molecule is O=C(Cl)c1cc(Cl)c(C(F)F)nc1I. The van der Waals surface area contributed by atoms with Crippen LogP contribution in [0, 0.1) is 3.70 Å². The first-order valence-corrected chi connectivity index (χ1v) is 5.11. The Bertz CT molecular complexity index is 386. The summed E-state index contributed by atoms with van der Waals surface area (Å²) in [6, 6.07) is 1.09. The third-order valence-corrected chi connectivity index (χ3v) is 2.70. The van der Waals surface area contributed by atoms with Crippen LogP contribution in [0.3, 0.4) is 0 Å². The quantitative estimate of drug-likeness (QED) is 0.462. The zero-order chi connectivity index (χ0) is 10.9. The van der Waals surface area contributed by atoms with Gasteiger partial charge >= 0.3 is 0 Å². The summed E-state index contributed by atoms with van der Waals surface area (Å²) in [5.74, 6) is 0. The second kappa shape index (κ2) is 4.67. The van der Waals surface area contributed by atoms with E-state index in [0.29, 0.717) is 0 Å². The third-order valence-electron chi connectivity index (χ3n) is 1.38. The molecule has 0 atom stereocenters. The predicted octanol–water partition coefficient (Wildman–Crippen LogP) is 3.66. The lowest BCUT2D eigenvalue weighted by Gasteiger charge is -2.05. The van der Waals surface area contributed by atoms with Gasteiger partial charge in [-0.3, -0.25) is 4.79 Å². The summed E-state index contributed by atoms with van der Waals surface area (Å²) in [6.45, 7) is 0. The first kappa shape index (κ1) is 12.1. The van der Waals surface area contributed by atoms with Crippen molar-refractivity contribution in [3.8, 4) is 0 Å². The molecule has 0 amide bonds. The Kier molecular flexibility index (Phi) is 4.03. The summed E-state index contributed by atoms with van der Waals surface area (Å²) in [7, 11) is 0. The smallest absolute Gasteiger partial charge is 0.276 e. The molecule has 0 saturated carbocycles. The Morgan fingerprint density at radius 3 is 2.57 bits per heavy atom. The van der Waals surface area contributed by atoms with Gasteiger partial charge < -0.3 is 0 Å². The van der Waals surface area contributed by atoms with E-state index < -0.39 is 17.4 Å². The van der Waals surface area contributed by atoms with Crippen molar-refractivity contribution in [1.29, 1.82) is 0 Å². The van der Waals surface area contributed by atoms with Crippen molar-refractivity contribution in [2.24, 2.45) is 0 Å². The van der Waals surface area contributed by atoms with Gasteiger partial charge in [0, 0.05) is 0 Å². The van der Waals surface area contributed by atoms with Gasteiger partial charge in [-0.1, -0.05) is 11.6 Å². The van der Waals surface area contributed by atoms with Crippen molar-refractivity contribution >= 4 is 51.0 Å². The summed E-state index contributed by atoms with van der Waals surface area (Å²) in [6.07, 6.45) is -2.77. The molecule has 1 rings (SSSR count). The minimum Gasteiger partial charge on any atom is -0.276 e. The van der Waals surface area contributed by atoms with Crippen LogP contribution in [0.1, 0.15) is 22.5 Å². The number of hydrogen-bond acceptors (Lipinski definition) is 2. The molecule has 0 aliphatic carbocycles. The Balaban J connectivity index is 3.31. The second-order valence-electron chi connectivity index (χ2n) is 2.27. The number of carbonyl (C=O) groups excluding carboxylic acids is 1. The molecule has 7 heteroatoms. The van der Waals surface area contributed by atoms with Gasteiger partial charge in [0.25, 0.3) is 11.7 Å². The molecule has 0 aromatic carbocycles. The lowest BCUT2D eigenvalue weighted by molar-refractivity contribution is 0.107. The average molecular weight is 352 g/mol. The van der Waals surface area contributed by atoms with Crippen LogP contribution < -0.4 is 0 Å². The molecular weight excluding hydrogens is 350 g/mol. The van der Waals surface area contributed by atoms with E-state index >= 15 is 0 Å². The average Bonchev–Trinajstić information content (AvgIpc) is 2.07. The Labute approximate surface area is 102 Å². The zero-order valence-corrected chi connectivity index (χ0v) is 10.1. The van der Waals surface area contributed by atoms with Gasteiger partial charge in [-0.05, 0) is 40.3 Å². The molecule has 1 heterocycles. The normalized spacial score (nSPS) is 10.7. The van der Waals surface area contributed by atoms with E-state index in [9.17, 15) is 13.6 Å². The van der Waals surface area contributed by atoms with Crippen LogP contribution in [0.5, 0.6) is 0 Å². The van der Waals surface area contributed by atoms with E-state index in [1.54, 1.807) is 22.6 Å². The molecule has 76 valence electrons. The highest BCUT2D eigenvalue weighted by molar-refractivity contribution is 14.1. The fourth-order valence-electron chi connectivity index (χ4n) is 0.770. The maximum atomic E-state index is 12.3. The van der Waals surface area contributed by atoms with E-state index in [-0.39, 0.29) is 14.3 Å². The number of carbonyl (C=O) groups is 1. The zero-order valence-electron chi connectivity index (χ0n) is 6.40. The van der Waals surface area contributed by atoms with Gasteiger partial charge in [0.1, 0.15) is 9.39 Å². The van der Waals surface area contributed by atoms with Gasteiger partial charge in [0.2, 0.25) is 0 Å². The molecule has 0 aliphatic heterocycles. The highest BCUT2D eigenvalue weighted by atomic mass is 127. The molecule has 0 bridgehead atoms. The van der Waals surface area contributed by atoms with Crippen LogP contribution in [-0.2, 0) is 0 Å². The Morgan fingerprint density at radius 2 is 2.14 bits per heavy atom. The Hall–Kier alpha value is -0.0100. The first-order valence-electron chi connectivity index (χ1n) is 3.27. The van der Waals surface area contributed by atoms with Crippen molar-refractivity contribution in [2.45, 2.75) is 6.43 Å². The Morgan fingerprint density at radius 1 is 1.57 bits per heavy atom. The van der Waals surface area contributed by atoms with Gasteiger partial charge in [0.15, 0.2) is 0 Å². The van der Waals surface area contributed by atoms with Crippen molar-refractivity contribution in [1.82, 2.24) is 4.98 Å². The van der Waals surface area contributed by atoms with Crippen molar-refractivity contribution in [2.75, 3.05) is 0 Å². The number of nitrogens with zero attached hydrogens (tertiary/aromatic N) is 1. The minimum absolute atomic E-state index is 0.0293. The van der Waals surface area contributed by atoms with E-state index in [1.165, 1.54) is 0 Å². The largest absolute Gasteiger partial charge is 0.281 e. The molecule has 0 aliphatic rings. The molecule has 0 saturated heterocycles.